The molecule has 0 aliphatic heterocycles. The smallest absolute Gasteiger partial charge is 0.227 e. The highest BCUT2D eigenvalue weighted by atomic mass is 32.2. The number of thiazole rings is 1. The summed E-state index contributed by atoms with van der Waals surface area (Å²) >= 11 is 1.38. The standard InChI is InChI=1S/C20H16N2O3S2/c23-18(12-13-27(24,25)15-7-2-1-3-8-15)21-20-22-19-16-9-5-4-6-14(16)10-11-17(19)26-20/h1-11H,12-13H2,(H,21,22,23). The van der Waals surface area contributed by atoms with Gasteiger partial charge in [-0.05, 0) is 23.6 Å². The average Bonchev–Trinajstić information content (AvgIpc) is 3.10. The van der Waals surface area contributed by atoms with Gasteiger partial charge in [-0.25, -0.2) is 13.4 Å². The van der Waals surface area contributed by atoms with Gasteiger partial charge in [0, 0.05) is 11.8 Å². The van der Waals surface area contributed by atoms with Crippen LogP contribution in [0.1, 0.15) is 6.42 Å². The predicted molar refractivity (Wildman–Crippen MR) is 109 cm³/mol. The maximum Gasteiger partial charge on any atom is 0.227 e. The molecule has 0 atom stereocenters. The van der Waals surface area contributed by atoms with Crippen molar-refractivity contribution in [2.45, 2.75) is 11.3 Å². The monoisotopic (exact) mass is 396 g/mol. The Morgan fingerprint density at radius 3 is 2.52 bits per heavy atom. The minimum Gasteiger partial charge on any atom is -0.302 e. The molecule has 1 N–H and O–H groups in total. The number of anilines is 1. The molecule has 0 radical (unpaired) electrons. The summed E-state index contributed by atoms with van der Waals surface area (Å²) in [6.07, 6.45) is -0.117. The van der Waals surface area contributed by atoms with Crippen molar-refractivity contribution in [2.24, 2.45) is 0 Å². The van der Waals surface area contributed by atoms with Crippen LogP contribution in [0.25, 0.3) is 21.0 Å². The zero-order valence-electron chi connectivity index (χ0n) is 14.3. The van der Waals surface area contributed by atoms with Crippen LogP contribution in [-0.2, 0) is 14.6 Å². The third-order valence-corrected chi connectivity index (χ3v) is 6.90. The van der Waals surface area contributed by atoms with E-state index in [0.717, 1.165) is 21.0 Å². The molecule has 0 aliphatic rings. The zero-order chi connectivity index (χ0) is 18.9. The maximum atomic E-state index is 12.3. The lowest BCUT2D eigenvalue weighted by molar-refractivity contribution is -0.115. The molecule has 3 aromatic carbocycles. The van der Waals surface area contributed by atoms with Crippen molar-refractivity contribution in [3.05, 3.63) is 66.7 Å². The SMILES string of the molecule is O=C(CCS(=O)(=O)c1ccccc1)Nc1nc2c(ccc3ccccc32)s1. The van der Waals surface area contributed by atoms with E-state index in [1.165, 1.54) is 23.5 Å². The first kappa shape index (κ1) is 17.6. The van der Waals surface area contributed by atoms with Gasteiger partial charge in [-0.2, -0.15) is 0 Å². The number of benzene rings is 3. The molecule has 27 heavy (non-hydrogen) atoms. The first-order valence-corrected chi connectivity index (χ1v) is 10.9. The van der Waals surface area contributed by atoms with Crippen LogP contribution in [0.5, 0.6) is 0 Å². The lowest BCUT2D eigenvalue weighted by Crippen LogP contribution is -2.17. The van der Waals surface area contributed by atoms with Gasteiger partial charge in [-0.1, -0.05) is 59.9 Å². The predicted octanol–water partition coefficient (Wildman–Crippen LogP) is 4.25. The first-order chi connectivity index (χ1) is 13.0. The van der Waals surface area contributed by atoms with Crippen molar-refractivity contribution in [1.82, 2.24) is 4.98 Å². The van der Waals surface area contributed by atoms with Crippen molar-refractivity contribution in [2.75, 3.05) is 11.1 Å². The zero-order valence-corrected chi connectivity index (χ0v) is 15.9. The molecular weight excluding hydrogens is 380 g/mol. The van der Waals surface area contributed by atoms with Crippen molar-refractivity contribution in [1.29, 1.82) is 0 Å². The molecule has 0 saturated heterocycles. The molecule has 1 amide bonds. The van der Waals surface area contributed by atoms with E-state index in [9.17, 15) is 13.2 Å². The lowest BCUT2D eigenvalue weighted by Gasteiger charge is -2.04. The Bertz CT molecular complexity index is 1230. The Labute approximate surface area is 160 Å². The third-order valence-electron chi connectivity index (χ3n) is 4.23. The Morgan fingerprint density at radius 1 is 0.963 bits per heavy atom. The lowest BCUT2D eigenvalue weighted by atomic mass is 10.1. The fourth-order valence-corrected chi connectivity index (χ4v) is 5.03. The van der Waals surface area contributed by atoms with Gasteiger partial charge in [0.25, 0.3) is 0 Å². The van der Waals surface area contributed by atoms with E-state index < -0.39 is 9.84 Å². The maximum absolute atomic E-state index is 12.3. The number of nitrogens with zero attached hydrogens (tertiary/aromatic N) is 1. The van der Waals surface area contributed by atoms with E-state index in [-0.39, 0.29) is 23.0 Å². The molecule has 0 saturated carbocycles. The largest absolute Gasteiger partial charge is 0.302 e. The van der Waals surface area contributed by atoms with Crippen molar-refractivity contribution >= 4 is 53.2 Å². The molecule has 4 aromatic rings. The highest BCUT2D eigenvalue weighted by molar-refractivity contribution is 7.91. The third kappa shape index (κ3) is 3.70. The Kier molecular flexibility index (Phi) is 4.63. The van der Waals surface area contributed by atoms with E-state index in [4.69, 9.17) is 0 Å². The molecule has 7 heteroatoms. The summed E-state index contributed by atoms with van der Waals surface area (Å²) in [5.41, 5.74) is 0.838. The van der Waals surface area contributed by atoms with Crippen molar-refractivity contribution in [3.63, 3.8) is 0 Å². The Balaban J connectivity index is 1.49. The Hall–Kier alpha value is -2.77. The number of fused-ring (bicyclic) bond motifs is 3. The molecule has 0 spiro atoms. The van der Waals surface area contributed by atoms with Crippen molar-refractivity contribution in [3.8, 4) is 0 Å². The summed E-state index contributed by atoms with van der Waals surface area (Å²) in [7, 11) is -3.48. The highest BCUT2D eigenvalue weighted by Crippen LogP contribution is 2.31. The number of rotatable bonds is 5. The number of nitrogens with one attached hydrogen (secondary N) is 1. The summed E-state index contributed by atoms with van der Waals surface area (Å²) in [4.78, 5) is 17.0. The molecular formula is C20H16N2O3S2. The number of amides is 1. The summed E-state index contributed by atoms with van der Waals surface area (Å²) < 4.78 is 25.5. The van der Waals surface area contributed by atoms with Gasteiger partial charge >= 0.3 is 0 Å². The van der Waals surface area contributed by atoms with E-state index in [1.807, 2.05) is 36.4 Å². The molecule has 0 unspecified atom stereocenters. The second-order valence-electron chi connectivity index (χ2n) is 6.08. The van der Waals surface area contributed by atoms with Crippen LogP contribution in [0.4, 0.5) is 5.13 Å². The van der Waals surface area contributed by atoms with E-state index in [0.29, 0.717) is 5.13 Å². The van der Waals surface area contributed by atoms with Gasteiger partial charge in [0.2, 0.25) is 5.91 Å². The minimum atomic E-state index is -3.48. The molecule has 0 fully saturated rings. The second-order valence-corrected chi connectivity index (χ2v) is 9.22. The van der Waals surface area contributed by atoms with Crippen LogP contribution in [-0.4, -0.2) is 25.1 Å². The summed E-state index contributed by atoms with van der Waals surface area (Å²) in [5.74, 6) is -0.602. The number of hydrogen-bond donors (Lipinski definition) is 1. The Morgan fingerprint density at radius 2 is 1.70 bits per heavy atom. The number of aromatic nitrogens is 1. The molecule has 1 heterocycles. The molecule has 136 valence electrons. The first-order valence-electron chi connectivity index (χ1n) is 8.39. The van der Waals surface area contributed by atoms with Crippen LogP contribution >= 0.6 is 11.3 Å². The van der Waals surface area contributed by atoms with Gasteiger partial charge in [0.05, 0.1) is 20.9 Å². The minimum absolute atomic E-state index is 0.117. The van der Waals surface area contributed by atoms with Crippen LogP contribution in [0.2, 0.25) is 0 Å². The number of carbonyl (C=O) groups excluding carboxylic acids is 1. The fourth-order valence-electron chi connectivity index (χ4n) is 2.87. The highest BCUT2D eigenvalue weighted by Gasteiger charge is 2.17. The molecule has 4 rings (SSSR count). The van der Waals surface area contributed by atoms with Gasteiger partial charge in [-0.3, -0.25) is 4.79 Å². The number of sulfone groups is 1. The van der Waals surface area contributed by atoms with Gasteiger partial charge < -0.3 is 5.32 Å². The molecule has 1 aromatic heterocycles. The van der Waals surface area contributed by atoms with Crippen molar-refractivity contribution < 1.29 is 13.2 Å². The number of carbonyl (C=O) groups is 1. The van der Waals surface area contributed by atoms with Gasteiger partial charge in [0.1, 0.15) is 0 Å². The van der Waals surface area contributed by atoms with Crippen LogP contribution in [0, 0.1) is 0 Å². The van der Waals surface area contributed by atoms with E-state index in [1.54, 1.807) is 18.2 Å². The summed E-state index contributed by atoms with van der Waals surface area (Å²) in [6.45, 7) is 0. The van der Waals surface area contributed by atoms with Crippen LogP contribution in [0.3, 0.4) is 0 Å². The van der Waals surface area contributed by atoms with Crippen LogP contribution < -0.4 is 5.32 Å². The summed E-state index contributed by atoms with van der Waals surface area (Å²) in [5, 5.41) is 5.31. The molecule has 5 nitrogen and oxygen atoms in total. The van der Waals surface area contributed by atoms with Gasteiger partial charge in [-0.15, -0.1) is 0 Å². The summed E-state index contributed by atoms with van der Waals surface area (Å²) in [6, 6.07) is 20.1. The normalized spacial score (nSPS) is 11.7. The van der Waals surface area contributed by atoms with E-state index >= 15 is 0 Å². The molecule has 0 bridgehead atoms. The average molecular weight is 396 g/mol. The molecule has 0 aliphatic carbocycles. The van der Waals surface area contributed by atoms with Gasteiger partial charge in [0.15, 0.2) is 15.0 Å². The van der Waals surface area contributed by atoms with E-state index in [2.05, 4.69) is 10.3 Å². The fraction of sp³-hybridized carbons (Fsp3) is 0.100. The topological polar surface area (TPSA) is 76.1 Å². The number of hydrogen-bond acceptors (Lipinski definition) is 5. The second kappa shape index (κ2) is 7.09. The van der Waals surface area contributed by atoms with Crippen LogP contribution in [0.15, 0.2) is 71.6 Å². The quantitative estimate of drug-likeness (QED) is 0.547.